The van der Waals surface area contributed by atoms with Crippen LogP contribution in [-0.2, 0) is 14.4 Å². The molecule has 1 N–H and O–H groups in total. The number of allylic oxidation sites excluding steroid dienone is 4. The molecule has 6 heteroatoms. The van der Waals surface area contributed by atoms with Gasteiger partial charge in [0, 0.05) is 17.7 Å². The number of ketones is 2. The zero-order chi connectivity index (χ0) is 17.0. The first-order valence-corrected chi connectivity index (χ1v) is 6.98. The van der Waals surface area contributed by atoms with E-state index in [2.05, 4.69) is 5.32 Å². The molecule has 1 atom stereocenters. The first kappa shape index (κ1) is 16.7. The number of Topliss-reactive ketones (excluding diaryl/α,β-unsaturated/α-hetero) is 2. The number of alkyl halides is 1. The highest BCUT2D eigenvalue weighted by atomic mass is 19.1. The molecule has 0 saturated heterocycles. The summed E-state index contributed by atoms with van der Waals surface area (Å²) >= 11 is 0. The van der Waals surface area contributed by atoms with Crippen molar-refractivity contribution >= 4 is 23.2 Å². The van der Waals surface area contributed by atoms with Crippen molar-refractivity contribution < 1.29 is 23.2 Å². The summed E-state index contributed by atoms with van der Waals surface area (Å²) in [6, 6.07) is 8.49. The molecule has 0 aromatic heterocycles. The molecule has 0 spiro atoms. The van der Waals surface area contributed by atoms with Crippen LogP contribution in [0.2, 0.25) is 0 Å². The van der Waals surface area contributed by atoms with E-state index in [0.29, 0.717) is 5.69 Å². The van der Waals surface area contributed by atoms with Crippen LogP contribution in [0.15, 0.2) is 53.9 Å². The number of hydrogen-bond donors (Lipinski definition) is 1. The average Bonchev–Trinajstić information content (AvgIpc) is 2.47. The van der Waals surface area contributed by atoms with Gasteiger partial charge in [0.15, 0.2) is 17.2 Å². The van der Waals surface area contributed by atoms with Gasteiger partial charge < -0.3 is 5.32 Å². The Hall–Kier alpha value is -2.63. The Morgan fingerprint density at radius 2 is 1.87 bits per heavy atom. The fraction of sp³-hybridized carbons (Fsp3) is 0.235. The number of hydrogen-bond acceptors (Lipinski definition) is 3. The molecule has 23 heavy (non-hydrogen) atoms. The molecule has 1 amide bonds. The minimum absolute atomic E-state index is 0.372. The summed E-state index contributed by atoms with van der Waals surface area (Å²) in [6.07, 6.45) is 0.403. The van der Waals surface area contributed by atoms with Crippen LogP contribution < -0.4 is 5.32 Å². The van der Waals surface area contributed by atoms with E-state index in [9.17, 15) is 23.2 Å². The molecule has 0 bridgehead atoms. The summed E-state index contributed by atoms with van der Waals surface area (Å²) in [4.78, 5) is 34.9. The standard InChI is InChI=1S/C17H15F2NO3/c1-11(21)17(19)8-7-13(14(18)10-17)15(22)9-16(23)20-12-5-3-2-4-6-12/h2-8H,9-10H2,1H3,(H,20,23). The molecule has 0 aliphatic heterocycles. The first-order valence-electron chi connectivity index (χ1n) is 6.98. The molecule has 0 fully saturated rings. The van der Waals surface area contributed by atoms with E-state index < -0.39 is 41.8 Å². The third-order valence-electron chi connectivity index (χ3n) is 3.48. The summed E-state index contributed by atoms with van der Waals surface area (Å²) in [7, 11) is 0. The lowest BCUT2D eigenvalue weighted by Gasteiger charge is -2.22. The van der Waals surface area contributed by atoms with Crippen molar-refractivity contribution in [2.45, 2.75) is 25.4 Å². The molecule has 2 rings (SSSR count). The number of benzene rings is 1. The van der Waals surface area contributed by atoms with Gasteiger partial charge in [0.2, 0.25) is 5.91 Å². The van der Waals surface area contributed by atoms with Gasteiger partial charge in [-0.3, -0.25) is 14.4 Å². The highest BCUT2D eigenvalue weighted by Gasteiger charge is 2.38. The summed E-state index contributed by atoms with van der Waals surface area (Å²) in [5.74, 6) is -3.23. The van der Waals surface area contributed by atoms with Crippen LogP contribution in [0.5, 0.6) is 0 Å². The van der Waals surface area contributed by atoms with Crippen molar-refractivity contribution in [3.05, 3.63) is 53.9 Å². The van der Waals surface area contributed by atoms with Crippen molar-refractivity contribution in [2.24, 2.45) is 0 Å². The van der Waals surface area contributed by atoms with Gasteiger partial charge in [0.1, 0.15) is 5.83 Å². The maximum atomic E-state index is 14.0. The number of nitrogens with one attached hydrogen (secondary N) is 1. The van der Waals surface area contributed by atoms with E-state index in [1.54, 1.807) is 30.3 Å². The Kier molecular flexibility index (Phi) is 4.83. The van der Waals surface area contributed by atoms with Gasteiger partial charge >= 0.3 is 0 Å². The van der Waals surface area contributed by atoms with E-state index in [1.807, 2.05) is 0 Å². The highest BCUT2D eigenvalue weighted by molar-refractivity contribution is 6.12. The van der Waals surface area contributed by atoms with Crippen molar-refractivity contribution in [2.75, 3.05) is 5.32 Å². The molecule has 4 nitrogen and oxygen atoms in total. The zero-order valence-electron chi connectivity index (χ0n) is 12.4. The first-order chi connectivity index (χ1) is 10.8. The summed E-state index contributed by atoms with van der Waals surface area (Å²) < 4.78 is 27.9. The third kappa shape index (κ3) is 3.97. The molecule has 0 heterocycles. The second-order valence-corrected chi connectivity index (χ2v) is 5.26. The zero-order valence-corrected chi connectivity index (χ0v) is 12.4. The van der Waals surface area contributed by atoms with E-state index in [0.717, 1.165) is 19.1 Å². The van der Waals surface area contributed by atoms with Crippen LogP contribution in [0.1, 0.15) is 19.8 Å². The molecule has 120 valence electrons. The number of carbonyl (C=O) groups is 3. The fourth-order valence-electron chi connectivity index (χ4n) is 2.14. The number of para-hydroxylation sites is 1. The normalized spacial score (nSPS) is 20.3. The predicted molar refractivity (Wildman–Crippen MR) is 81.1 cm³/mol. The number of amides is 1. The maximum Gasteiger partial charge on any atom is 0.232 e. The minimum Gasteiger partial charge on any atom is -0.326 e. The summed E-state index contributed by atoms with van der Waals surface area (Å²) in [5, 5.41) is 2.50. The Morgan fingerprint density at radius 3 is 2.43 bits per heavy atom. The average molecular weight is 319 g/mol. The lowest BCUT2D eigenvalue weighted by molar-refractivity contribution is -0.126. The Morgan fingerprint density at radius 1 is 1.22 bits per heavy atom. The topological polar surface area (TPSA) is 63.2 Å². The largest absolute Gasteiger partial charge is 0.326 e. The lowest BCUT2D eigenvalue weighted by Crippen LogP contribution is -2.32. The smallest absolute Gasteiger partial charge is 0.232 e. The van der Waals surface area contributed by atoms with Crippen molar-refractivity contribution in [1.82, 2.24) is 0 Å². The molecule has 1 unspecified atom stereocenters. The van der Waals surface area contributed by atoms with Crippen molar-refractivity contribution in [1.29, 1.82) is 0 Å². The van der Waals surface area contributed by atoms with Gasteiger partial charge in [-0.2, -0.15) is 0 Å². The number of anilines is 1. The SMILES string of the molecule is CC(=O)C1(F)C=CC(C(=O)CC(=O)Nc2ccccc2)=C(F)C1. The van der Waals surface area contributed by atoms with Crippen LogP contribution in [0.4, 0.5) is 14.5 Å². The summed E-state index contributed by atoms with van der Waals surface area (Å²) in [5.41, 5.74) is -2.29. The Labute approximate surface area is 131 Å². The number of rotatable bonds is 5. The Bertz CT molecular complexity index is 710. The highest BCUT2D eigenvalue weighted by Crippen LogP contribution is 2.32. The van der Waals surface area contributed by atoms with E-state index >= 15 is 0 Å². The van der Waals surface area contributed by atoms with Crippen LogP contribution in [0.3, 0.4) is 0 Å². The molecule has 1 aliphatic rings. The molecule has 0 radical (unpaired) electrons. The molecule has 0 saturated carbocycles. The molecule has 1 aromatic rings. The van der Waals surface area contributed by atoms with Crippen molar-refractivity contribution in [3.8, 4) is 0 Å². The van der Waals surface area contributed by atoms with E-state index in [4.69, 9.17) is 0 Å². The van der Waals surface area contributed by atoms with Gasteiger partial charge in [-0.05, 0) is 31.2 Å². The monoisotopic (exact) mass is 319 g/mol. The molecular weight excluding hydrogens is 304 g/mol. The number of carbonyl (C=O) groups excluding carboxylic acids is 3. The van der Waals surface area contributed by atoms with Crippen molar-refractivity contribution in [3.63, 3.8) is 0 Å². The van der Waals surface area contributed by atoms with Crippen LogP contribution in [0.25, 0.3) is 0 Å². The van der Waals surface area contributed by atoms with Gasteiger partial charge in [-0.25, -0.2) is 8.78 Å². The fourth-order valence-corrected chi connectivity index (χ4v) is 2.14. The van der Waals surface area contributed by atoms with Gasteiger partial charge in [0.25, 0.3) is 0 Å². The minimum atomic E-state index is -2.43. The number of halogens is 2. The van der Waals surface area contributed by atoms with Gasteiger partial charge in [-0.1, -0.05) is 18.2 Å². The van der Waals surface area contributed by atoms with Gasteiger partial charge in [0.05, 0.1) is 6.42 Å². The van der Waals surface area contributed by atoms with Crippen LogP contribution in [0, 0.1) is 0 Å². The quantitative estimate of drug-likeness (QED) is 0.848. The van der Waals surface area contributed by atoms with Gasteiger partial charge in [-0.15, -0.1) is 0 Å². The second-order valence-electron chi connectivity index (χ2n) is 5.26. The Balaban J connectivity index is 2.03. The maximum absolute atomic E-state index is 14.0. The third-order valence-corrected chi connectivity index (χ3v) is 3.48. The molecule has 1 aromatic carbocycles. The lowest BCUT2D eigenvalue weighted by atomic mass is 9.88. The van der Waals surface area contributed by atoms with Crippen LogP contribution in [-0.4, -0.2) is 23.1 Å². The molecular formula is C17H15F2NO3. The van der Waals surface area contributed by atoms with E-state index in [-0.39, 0.29) is 5.57 Å². The predicted octanol–water partition coefficient (Wildman–Crippen LogP) is 3.07. The van der Waals surface area contributed by atoms with E-state index in [1.165, 1.54) is 0 Å². The second kappa shape index (κ2) is 6.64. The molecule has 1 aliphatic carbocycles. The van der Waals surface area contributed by atoms with Crippen LogP contribution >= 0.6 is 0 Å². The summed E-state index contributed by atoms with van der Waals surface area (Å²) in [6.45, 7) is 1.01.